The highest BCUT2D eigenvalue weighted by Gasteiger charge is 2.52. The van der Waals surface area contributed by atoms with Gasteiger partial charge in [-0.3, -0.25) is 0 Å². The van der Waals surface area contributed by atoms with E-state index in [0.717, 1.165) is 24.0 Å². The lowest BCUT2D eigenvalue weighted by atomic mass is 9.78. The zero-order chi connectivity index (χ0) is 18.1. The number of urea groups is 1. The molecule has 1 aliphatic carbocycles. The van der Waals surface area contributed by atoms with Gasteiger partial charge in [-0.2, -0.15) is 0 Å². The zero-order valence-corrected chi connectivity index (χ0v) is 15.7. The Labute approximate surface area is 151 Å². The van der Waals surface area contributed by atoms with Crippen molar-refractivity contribution in [2.24, 2.45) is 0 Å². The van der Waals surface area contributed by atoms with E-state index in [-0.39, 0.29) is 12.1 Å². The van der Waals surface area contributed by atoms with Crippen molar-refractivity contribution in [3.05, 3.63) is 24.3 Å². The van der Waals surface area contributed by atoms with Crippen LogP contribution in [0.4, 0.5) is 10.5 Å². The van der Waals surface area contributed by atoms with Crippen LogP contribution in [0.5, 0.6) is 0 Å². The first-order valence-corrected chi connectivity index (χ1v) is 9.30. The fourth-order valence-corrected chi connectivity index (χ4v) is 3.38. The van der Waals surface area contributed by atoms with Crippen LogP contribution in [0, 0.1) is 0 Å². The number of amides is 2. The number of hydrogen-bond donors (Lipinski definition) is 2. The molecule has 2 amide bonds. The number of rotatable bonds is 3. The summed E-state index contributed by atoms with van der Waals surface area (Å²) < 4.78 is 12.3. The summed E-state index contributed by atoms with van der Waals surface area (Å²) >= 11 is 0. The molecule has 0 aromatic heterocycles. The van der Waals surface area contributed by atoms with Crippen LogP contribution in [0.3, 0.4) is 0 Å². The summed E-state index contributed by atoms with van der Waals surface area (Å²) in [4.78, 5) is 12.4. The largest absolute Gasteiger partial charge is 0.496 e. The highest BCUT2D eigenvalue weighted by molar-refractivity contribution is 6.64. The Morgan fingerprint density at radius 3 is 2.28 bits per heavy atom. The summed E-state index contributed by atoms with van der Waals surface area (Å²) in [6.45, 7) is 8.11. The van der Waals surface area contributed by atoms with E-state index in [4.69, 9.17) is 9.31 Å². The molecule has 3 rings (SSSR count). The lowest BCUT2D eigenvalue weighted by Gasteiger charge is -2.32. The first-order chi connectivity index (χ1) is 11.8. The average molecular weight is 344 g/mol. The highest BCUT2D eigenvalue weighted by atomic mass is 16.7. The molecule has 6 heteroatoms. The second-order valence-electron chi connectivity index (χ2n) is 8.11. The molecular weight excluding hydrogens is 315 g/mol. The summed E-state index contributed by atoms with van der Waals surface area (Å²) in [6, 6.07) is 7.79. The molecule has 2 aliphatic rings. The van der Waals surface area contributed by atoms with Gasteiger partial charge in [-0.1, -0.05) is 37.5 Å². The number of nitrogens with one attached hydrogen (secondary N) is 2. The topological polar surface area (TPSA) is 59.6 Å². The molecule has 0 unspecified atom stereocenters. The smallest absolute Gasteiger partial charge is 0.399 e. The summed E-state index contributed by atoms with van der Waals surface area (Å²) in [5.41, 5.74) is 0.763. The van der Waals surface area contributed by atoms with Gasteiger partial charge in [0.1, 0.15) is 0 Å². The molecule has 1 heterocycles. The summed E-state index contributed by atoms with van der Waals surface area (Å²) in [5.74, 6) is 0. The van der Waals surface area contributed by atoms with E-state index < -0.39 is 18.3 Å². The van der Waals surface area contributed by atoms with Crippen LogP contribution in [0.15, 0.2) is 24.3 Å². The van der Waals surface area contributed by atoms with Crippen molar-refractivity contribution in [3.63, 3.8) is 0 Å². The maximum atomic E-state index is 12.4. The molecule has 1 saturated carbocycles. The maximum Gasteiger partial charge on any atom is 0.496 e. The minimum Gasteiger partial charge on any atom is -0.399 e. The second kappa shape index (κ2) is 7.00. The van der Waals surface area contributed by atoms with E-state index in [1.165, 1.54) is 19.3 Å². The van der Waals surface area contributed by atoms with Crippen LogP contribution < -0.4 is 16.1 Å². The molecule has 0 radical (unpaired) electrons. The van der Waals surface area contributed by atoms with E-state index in [1.807, 2.05) is 52.0 Å². The molecule has 2 N–H and O–H groups in total. The van der Waals surface area contributed by atoms with Crippen molar-refractivity contribution in [3.8, 4) is 0 Å². The second-order valence-corrected chi connectivity index (χ2v) is 8.11. The molecule has 1 saturated heterocycles. The minimum absolute atomic E-state index is 0.157. The Bertz CT molecular complexity index is 611. The molecule has 25 heavy (non-hydrogen) atoms. The molecule has 136 valence electrons. The van der Waals surface area contributed by atoms with Gasteiger partial charge < -0.3 is 19.9 Å². The van der Waals surface area contributed by atoms with Gasteiger partial charge in [0.25, 0.3) is 0 Å². The monoisotopic (exact) mass is 344 g/mol. The average Bonchev–Trinajstić information content (AvgIpc) is 2.76. The van der Waals surface area contributed by atoms with Crippen molar-refractivity contribution < 1.29 is 14.1 Å². The van der Waals surface area contributed by atoms with Crippen LogP contribution >= 0.6 is 0 Å². The number of para-hydroxylation sites is 1. The van der Waals surface area contributed by atoms with Gasteiger partial charge in [0.15, 0.2) is 0 Å². The number of benzene rings is 1. The minimum atomic E-state index is -0.490. The van der Waals surface area contributed by atoms with Crippen LogP contribution in [0.2, 0.25) is 0 Å². The summed E-state index contributed by atoms with van der Waals surface area (Å²) in [5, 5.41) is 6.07. The standard InChI is InChI=1S/C19H29BN2O3/c1-18(2)19(3,4)25-20(24-18)15-12-8-9-13-16(15)22-17(23)21-14-10-6-5-7-11-14/h8-9,12-14H,5-7,10-11H2,1-4H3,(H2,21,22,23). The summed E-state index contributed by atoms with van der Waals surface area (Å²) in [7, 11) is -0.490. The Kier molecular flexibility index (Phi) is 5.12. The number of hydrogen-bond acceptors (Lipinski definition) is 3. The van der Waals surface area contributed by atoms with Crippen LogP contribution in [0.25, 0.3) is 0 Å². The molecule has 5 nitrogen and oxygen atoms in total. The predicted octanol–water partition coefficient (Wildman–Crippen LogP) is 3.44. The zero-order valence-electron chi connectivity index (χ0n) is 15.7. The van der Waals surface area contributed by atoms with Gasteiger partial charge in [0.05, 0.1) is 11.2 Å². The maximum absolute atomic E-state index is 12.4. The molecule has 2 fully saturated rings. The SMILES string of the molecule is CC1(C)OB(c2ccccc2NC(=O)NC2CCCCC2)OC1(C)C. The first-order valence-electron chi connectivity index (χ1n) is 9.30. The van der Waals surface area contributed by atoms with Crippen molar-refractivity contribution in [1.29, 1.82) is 0 Å². The fraction of sp³-hybridized carbons (Fsp3) is 0.632. The number of carbonyl (C=O) groups is 1. The quantitative estimate of drug-likeness (QED) is 0.826. The predicted molar refractivity (Wildman–Crippen MR) is 101 cm³/mol. The van der Waals surface area contributed by atoms with Crippen molar-refractivity contribution >= 4 is 24.3 Å². The van der Waals surface area contributed by atoms with Crippen molar-refractivity contribution in [2.45, 2.75) is 77.0 Å². The number of carbonyl (C=O) groups excluding carboxylic acids is 1. The molecule has 1 aromatic carbocycles. The third-order valence-corrected chi connectivity index (χ3v) is 5.66. The fourth-order valence-electron chi connectivity index (χ4n) is 3.38. The third kappa shape index (κ3) is 4.01. The van der Waals surface area contributed by atoms with Gasteiger partial charge in [-0.25, -0.2) is 4.79 Å². The Balaban J connectivity index is 1.70. The van der Waals surface area contributed by atoms with E-state index in [2.05, 4.69) is 10.6 Å². The molecule has 1 aliphatic heterocycles. The highest BCUT2D eigenvalue weighted by Crippen LogP contribution is 2.37. The molecule has 0 spiro atoms. The van der Waals surface area contributed by atoms with Gasteiger partial charge in [0.2, 0.25) is 0 Å². The lowest BCUT2D eigenvalue weighted by Crippen LogP contribution is -2.42. The van der Waals surface area contributed by atoms with Gasteiger partial charge in [-0.05, 0) is 46.6 Å². The Morgan fingerprint density at radius 1 is 1.04 bits per heavy atom. The van der Waals surface area contributed by atoms with Crippen LogP contribution in [-0.4, -0.2) is 30.4 Å². The molecular formula is C19H29BN2O3. The number of anilines is 1. The lowest BCUT2D eigenvalue weighted by molar-refractivity contribution is 0.00578. The van der Waals surface area contributed by atoms with Crippen molar-refractivity contribution in [1.82, 2.24) is 5.32 Å². The summed E-state index contributed by atoms with van der Waals surface area (Å²) in [6.07, 6.45) is 5.77. The van der Waals surface area contributed by atoms with E-state index in [9.17, 15) is 4.79 Å². The Hall–Kier alpha value is -1.53. The molecule has 0 bridgehead atoms. The Morgan fingerprint density at radius 2 is 1.64 bits per heavy atom. The normalized spacial score (nSPS) is 22.6. The third-order valence-electron chi connectivity index (χ3n) is 5.66. The van der Waals surface area contributed by atoms with E-state index >= 15 is 0 Å². The molecule has 0 atom stereocenters. The van der Waals surface area contributed by atoms with Crippen LogP contribution in [0.1, 0.15) is 59.8 Å². The van der Waals surface area contributed by atoms with E-state index in [0.29, 0.717) is 0 Å². The van der Waals surface area contributed by atoms with Gasteiger partial charge >= 0.3 is 13.1 Å². The van der Waals surface area contributed by atoms with Gasteiger partial charge in [0, 0.05) is 17.2 Å². The van der Waals surface area contributed by atoms with Crippen LogP contribution in [-0.2, 0) is 9.31 Å². The van der Waals surface area contributed by atoms with E-state index in [1.54, 1.807) is 0 Å². The first kappa shape index (κ1) is 18.3. The van der Waals surface area contributed by atoms with Gasteiger partial charge in [-0.15, -0.1) is 0 Å². The van der Waals surface area contributed by atoms with Crippen molar-refractivity contribution in [2.75, 3.05) is 5.32 Å². The molecule has 1 aromatic rings.